The number of nitrogens with zero attached hydrogens (tertiary/aromatic N) is 4. The van der Waals surface area contributed by atoms with E-state index in [1.54, 1.807) is 0 Å². The van der Waals surface area contributed by atoms with Gasteiger partial charge in [-0.15, -0.1) is 41.3 Å². The summed E-state index contributed by atoms with van der Waals surface area (Å²) in [6, 6.07) is 35.1. The molecule has 0 N–H and O–H groups in total. The molecule has 0 saturated heterocycles. The average Bonchev–Trinajstić information content (AvgIpc) is 3.59. The van der Waals surface area contributed by atoms with Crippen LogP contribution in [0.2, 0.25) is 0 Å². The molecule has 7 rings (SSSR count). The van der Waals surface area contributed by atoms with E-state index in [-0.39, 0.29) is 32.4 Å². The maximum Gasteiger partial charge on any atom is 2.00 e. The molecule has 7 aromatic rings. The molecule has 0 aliphatic heterocycles. The number of ether oxygens (including phenoxy) is 1. The van der Waals surface area contributed by atoms with Gasteiger partial charge in [0.1, 0.15) is 5.82 Å². The SMILES string of the molecule is Cc1nn(-c2[c-]c(Oc3[c-]c4c(cc3)c3ccccc3n4-c3cc(C(C)(C)C)ccn3)cc(C(C)C)c2)c(C)c1-c1c(C(C)C)cccc1C(C)C.[Pt+2]. The van der Waals surface area contributed by atoms with Crippen LogP contribution >= 0.6 is 0 Å². The molecule has 0 amide bonds. The molecule has 6 heteroatoms. The molecule has 3 heterocycles. The number of pyridine rings is 1. The number of aromatic nitrogens is 4. The van der Waals surface area contributed by atoms with E-state index in [0.29, 0.717) is 23.3 Å². The van der Waals surface area contributed by atoms with E-state index in [1.807, 2.05) is 16.9 Å². The minimum atomic E-state index is -0.00975. The molecule has 5 nitrogen and oxygen atoms in total. The van der Waals surface area contributed by atoms with Gasteiger partial charge in [0.2, 0.25) is 0 Å². The zero-order chi connectivity index (χ0) is 37.1. The van der Waals surface area contributed by atoms with Crippen molar-refractivity contribution in [3.05, 3.63) is 131 Å². The first kappa shape index (κ1) is 38.3. The van der Waals surface area contributed by atoms with Crippen molar-refractivity contribution in [2.45, 2.75) is 99.3 Å². The van der Waals surface area contributed by atoms with E-state index in [9.17, 15) is 0 Å². The molecule has 0 bridgehead atoms. The van der Waals surface area contributed by atoms with Crippen LogP contribution in [-0.4, -0.2) is 19.3 Å². The summed E-state index contributed by atoms with van der Waals surface area (Å²) in [6.45, 7) is 24.5. The predicted molar refractivity (Wildman–Crippen MR) is 216 cm³/mol. The largest absolute Gasteiger partial charge is 2.00 e. The summed E-state index contributed by atoms with van der Waals surface area (Å²) in [5, 5.41) is 7.41. The third-order valence-electron chi connectivity index (χ3n) is 10.3. The molecule has 0 radical (unpaired) electrons. The molecule has 53 heavy (non-hydrogen) atoms. The summed E-state index contributed by atoms with van der Waals surface area (Å²) in [6.07, 6.45) is 1.90. The van der Waals surface area contributed by atoms with Crippen LogP contribution in [0.15, 0.2) is 85.1 Å². The number of rotatable bonds is 8. The van der Waals surface area contributed by atoms with Gasteiger partial charge in [0.15, 0.2) is 0 Å². The third kappa shape index (κ3) is 7.13. The summed E-state index contributed by atoms with van der Waals surface area (Å²) in [7, 11) is 0. The summed E-state index contributed by atoms with van der Waals surface area (Å²) < 4.78 is 10.9. The molecule has 4 aromatic carbocycles. The molecule has 274 valence electrons. The van der Waals surface area contributed by atoms with E-state index < -0.39 is 0 Å². The van der Waals surface area contributed by atoms with Gasteiger partial charge in [-0.05, 0) is 88.5 Å². The molecule has 3 aromatic heterocycles. The maximum atomic E-state index is 6.68. The Labute approximate surface area is 329 Å². The van der Waals surface area contributed by atoms with Crippen LogP contribution in [0.25, 0.3) is 44.4 Å². The Morgan fingerprint density at radius 2 is 1.40 bits per heavy atom. The Bertz CT molecular complexity index is 2410. The second-order valence-electron chi connectivity index (χ2n) is 16.1. The zero-order valence-electron chi connectivity index (χ0n) is 32.8. The summed E-state index contributed by atoms with van der Waals surface area (Å²) in [5.41, 5.74) is 12.6. The molecule has 0 unspecified atom stereocenters. The minimum absolute atomic E-state index is 0. The van der Waals surface area contributed by atoms with E-state index in [4.69, 9.17) is 14.8 Å². The second kappa shape index (κ2) is 14.7. The average molecular weight is 882 g/mol. The number of benzene rings is 4. The predicted octanol–water partition coefficient (Wildman–Crippen LogP) is 12.7. The summed E-state index contributed by atoms with van der Waals surface area (Å²) >= 11 is 0. The number of para-hydroxylation sites is 1. The van der Waals surface area contributed by atoms with Crippen LogP contribution < -0.4 is 4.74 Å². The van der Waals surface area contributed by atoms with Crippen LogP contribution in [-0.2, 0) is 26.5 Å². The fraction of sp³-hybridized carbons (Fsp3) is 0.319. The van der Waals surface area contributed by atoms with Crippen molar-refractivity contribution in [3.63, 3.8) is 0 Å². The molecule has 0 spiro atoms. The fourth-order valence-corrected chi connectivity index (χ4v) is 7.43. The third-order valence-corrected chi connectivity index (χ3v) is 10.3. The first-order valence-corrected chi connectivity index (χ1v) is 18.6. The van der Waals surface area contributed by atoms with E-state index >= 15 is 0 Å². The van der Waals surface area contributed by atoms with Crippen molar-refractivity contribution in [3.8, 4) is 34.1 Å². The zero-order valence-corrected chi connectivity index (χ0v) is 35.1. The monoisotopic (exact) mass is 881 g/mol. The number of aryl methyl sites for hydroxylation is 1. The van der Waals surface area contributed by atoms with E-state index in [0.717, 1.165) is 50.3 Å². The van der Waals surface area contributed by atoms with Crippen molar-refractivity contribution in [1.29, 1.82) is 0 Å². The normalized spacial score (nSPS) is 12.0. The smallest absolute Gasteiger partial charge is 0.509 e. The first-order valence-electron chi connectivity index (χ1n) is 18.6. The minimum Gasteiger partial charge on any atom is -0.509 e. The molecular weight excluding hydrogens is 832 g/mol. The molecular formula is C47H50N4OPt. The van der Waals surface area contributed by atoms with Gasteiger partial charge in [-0.1, -0.05) is 104 Å². The Hall–Kier alpha value is -4.47. The van der Waals surface area contributed by atoms with Crippen LogP contribution in [0.1, 0.15) is 114 Å². The van der Waals surface area contributed by atoms with Gasteiger partial charge in [-0.3, -0.25) is 4.68 Å². The van der Waals surface area contributed by atoms with Gasteiger partial charge in [-0.25, -0.2) is 4.98 Å². The van der Waals surface area contributed by atoms with Gasteiger partial charge in [0, 0.05) is 34.5 Å². The van der Waals surface area contributed by atoms with Crippen LogP contribution in [0.4, 0.5) is 0 Å². The summed E-state index contributed by atoms with van der Waals surface area (Å²) in [4.78, 5) is 4.84. The number of hydrogen-bond acceptors (Lipinski definition) is 3. The Morgan fingerprint density at radius 1 is 0.698 bits per heavy atom. The van der Waals surface area contributed by atoms with Crippen LogP contribution in [0, 0.1) is 26.0 Å². The van der Waals surface area contributed by atoms with Gasteiger partial charge < -0.3 is 9.30 Å². The molecule has 0 saturated carbocycles. The first-order chi connectivity index (χ1) is 24.7. The van der Waals surface area contributed by atoms with E-state index in [2.05, 4.69) is 166 Å². The topological polar surface area (TPSA) is 44.9 Å². The Kier molecular flexibility index (Phi) is 10.6. The fourth-order valence-electron chi connectivity index (χ4n) is 7.43. The molecule has 0 fully saturated rings. The van der Waals surface area contributed by atoms with E-state index in [1.165, 1.54) is 27.8 Å². The second-order valence-corrected chi connectivity index (χ2v) is 16.1. The Morgan fingerprint density at radius 3 is 2.06 bits per heavy atom. The van der Waals surface area contributed by atoms with Gasteiger partial charge in [0.05, 0.1) is 5.69 Å². The van der Waals surface area contributed by atoms with Crippen molar-refractivity contribution in [2.24, 2.45) is 0 Å². The van der Waals surface area contributed by atoms with Crippen molar-refractivity contribution < 1.29 is 25.8 Å². The number of hydrogen-bond donors (Lipinski definition) is 0. The number of fused-ring (bicyclic) bond motifs is 3. The maximum absolute atomic E-state index is 6.68. The molecule has 0 atom stereocenters. The van der Waals surface area contributed by atoms with Crippen LogP contribution in [0.3, 0.4) is 0 Å². The van der Waals surface area contributed by atoms with Crippen molar-refractivity contribution in [2.75, 3.05) is 0 Å². The molecule has 0 aliphatic rings. The van der Waals surface area contributed by atoms with Gasteiger partial charge in [-0.2, -0.15) is 11.2 Å². The summed E-state index contributed by atoms with van der Waals surface area (Å²) in [5.74, 6) is 3.16. The van der Waals surface area contributed by atoms with Crippen molar-refractivity contribution >= 4 is 21.8 Å². The van der Waals surface area contributed by atoms with Gasteiger partial charge in [0.25, 0.3) is 0 Å². The Balaban J connectivity index is 0.00000481. The standard InChI is InChI=1S/C47H50N4O.Pt/c1-28(2)33-23-35(51-32(8)45(31(7)49-51)46-38(29(3)4)16-14-17-39(46)30(5)6)26-37(24-33)52-36-19-20-41-40-15-12-13-18-42(40)50(43(41)27-36)44-25-34(21-22-48-44)47(9,10)11;/h12-25,28-30H,1-11H3;/q-2;+2. The quantitative estimate of drug-likeness (QED) is 0.143. The van der Waals surface area contributed by atoms with Crippen molar-refractivity contribution in [1.82, 2.24) is 19.3 Å². The molecule has 0 aliphatic carbocycles. The van der Waals surface area contributed by atoms with Crippen LogP contribution in [0.5, 0.6) is 11.5 Å². The van der Waals surface area contributed by atoms with Gasteiger partial charge >= 0.3 is 21.1 Å².